The third-order valence-electron chi connectivity index (χ3n) is 3.15. The normalized spacial score (nSPS) is 11.5. The topological polar surface area (TPSA) is 66.4 Å². The summed E-state index contributed by atoms with van der Waals surface area (Å²) in [6, 6.07) is 8.48. The molecule has 8 heteroatoms. The van der Waals surface area contributed by atoms with Gasteiger partial charge in [-0.05, 0) is 42.0 Å². The first-order valence-electron chi connectivity index (χ1n) is 6.86. The summed E-state index contributed by atoms with van der Waals surface area (Å²) in [7, 11) is 0. The number of amides is 1. The number of benzene rings is 2. The van der Waals surface area contributed by atoms with Crippen molar-refractivity contribution < 1.29 is 27.9 Å². The second-order valence-corrected chi connectivity index (χ2v) is 5.31. The molecular formula is C17H11ClF3NO3. The Hall–Kier alpha value is -2.80. The van der Waals surface area contributed by atoms with Crippen LogP contribution in [0.3, 0.4) is 0 Å². The van der Waals surface area contributed by atoms with Crippen LogP contribution in [0.1, 0.15) is 21.5 Å². The van der Waals surface area contributed by atoms with Crippen LogP contribution in [0.4, 0.5) is 18.9 Å². The van der Waals surface area contributed by atoms with Gasteiger partial charge >= 0.3 is 12.1 Å². The average molecular weight is 370 g/mol. The summed E-state index contributed by atoms with van der Waals surface area (Å²) < 4.78 is 38.1. The van der Waals surface area contributed by atoms with E-state index >= 15 is 0 Å². The first-order chi connectivity index (χ1) is 11.7. The van der Waals surface area contributed by atoms with E-state index in [1.54, 1.807) is 0 Å². The lowest BCUT2D eigenvalue weighted by Crippen LogP contribution is -2.11. The Morgan fingerprint density at radius 2 is 1.80 bits per heavy atom. The first kappa shape index (κ1) is 18.5. The van der Waals surface area contributed by atoms with E-state index in [0.717, 1.165) is 30.4 Å². The Bertz CT molecular complexity index is 847. The lowest BCUT2D eigenvalue weighted by molar-refractivity contribution is -0.137. The predicted molar refractivity (Wildman–Crippen MR) is 87.5 cm³/mol. The van der Waals surface area contributed by atoms with Crippen LogP contribution in [0.2, 0.25) is 5.02 Å². The maximum atomic E-state index is 12.7. The van der Waals surface area contributed by atoms with Crippen LogP contribution in [0, 0.1) is 0 Å². The molecule has 2 aromatic carbocycles. The molecule has 0 spiro atoms. The number of aromatic carboxylic acids is 1. The van der Waals surface area contributed by atoms with Gasteiger partial charge in [0.1, 0.15) is 0 Å². The number of alkyl halides is 3. The number of anilines is 1. The second-order valence-electron chi connectivity index (χ2n) is 4.91. The zero-order chi connectivity index (χ0) is 18.6. The SMILES string of the molecule is O=C(/C=C/c1cc(C(F)(F)F)ccc1Cl)Nc1ccccc1C(=O)O. The molecule has 0 heterocycles. The van der Waals surface area contributed by atoms with Gasteiger partial charge < -0.3 is 10.4 Å². The third-order valence-corrected chi connectivity index (χ3v) is 3.50. The molecule has 0 aromatic heterocycles. The minimum Gasteiger partial charge on any atom is -0.478 e. The van der Waals surface area contributed by atoms with Crippen LogP contribution in [0.15, 0.2) is 48.5 Å². The van der Waals surface area contributed by atoms with Gasteiger partial charge in [0.25, 0.3) is 0 Å². The number of rotatable bonds is 4. The van der Waals surface area contributed by atoms with Crippen molar-refractivity contribution in [3.8, 4) is 0 Å². The molecule has 0 unspecified atom stereocenters. The highest BCUT2D eigenvalue weighted by molar-refractivity contribution is 6.32. The molecule has 0 fully saturated rings. The fraction of sp³-hybridized carbons (Fsp3) is 0.0588. The van der Waals surface area contributed by atoms with E-state index in [4.69, 9.17) is 16.7 Å². The van der Waals surface area contributed by atoms with Crippen molar-refractivity contribution >= 4 is 35.2 Å². The number of hydrogen-bond acceptors (Lipinski definition) is 2. The lowest BCUT2D eigenvalue weighted by atomic mass is 10.1. The number of nitrogens with one attached hydrogen (secondary N) is 1. The molecule has 0 radical (unpaired) electrons. The summed E-state index contributed by atoms with van der Waals surface area (Å²) in [5, 5.41) is 11.4. The van der Waals surface area contributed by atoms with E-state index in [-0.39, 0.29) is 21.8 Å². The van der Waals surface area contributed by atoms with E-state index in [2.05, 4.69) is 5.32 Å². The van der Waals surface area contributed by atoms with Gasteiger partial charge in [-0.2, -0.15) is 13.2 Å². The summed E-state index contributed by atoms with van der Waals surface area (Å²) in [5.74, 6) is -1.93. The Morgan fingerprint density at radius 3 is 2.44 bits per heavy atom. The van der Waals surface area contributed by atoms with Gasteiger partial charge in [0.05, 0.1) is 16.8 Å². The molecule has 2 rings (SSSR count). The zero-order valence-electron chi connectivity index (χ0n) is 12.5. The number of para-hydroxylation sites is 1. The maximum absolute atomic E-state index is 12.7. The monoisotopic (exact) mass is 369 g/mol. The van der Waals surface area contributed by atoms with Gasteiger partial charge in [0.2, 0.25) is 5.91 Å². The summed E-state index contributed by atoms with van der Waals surface area (Å²) in [6.45, 7) is 0. The molecule has 0 aliphatic rings. The van der Waals surface area contributed by atoms with Crippen molar-refractivity contribution in [1.29, 1.82) is 0 Å². The van der Waals surface area contributed by atoms with Gasteiger partial charge in [0, 0.05) is 11.1 Å². The van der Waals surface area contributed by atoms with E-state index in [1.807, 2.05) is 0 Å². The predicted octanol–water partition coefficient (Wildman–Crippen LogP) is 4.71. The lowest BCUT2D eigenvalue weighted by Gasteiger charge is -2.08. The molecule has 0 bridgehead atoms. The number of carbonyl (C=O) groups excluding carboxylic acids is 1. The summed E-state index contributed by atoms with van der Waals surface area (Å²) in [4.78, 5) is 23.0. The van der Waals surface area contributed by atoms with Gasteiger partial charge in [-0.3, -0.25) is 4.79 Å². The summed E-state index contributed by atoms with van der Waals surface area (Å²) >= 11 is 5.83. The first-order valence-corrected chi connectivity index (χ1v) is 7.24. The number of halogens is 4. The van der Waals surface area contributed by atoms with Crippen molar-refractivity contribution in [2.45, 2.75) is 6.18 Å². The van der Waals surface area contributed by atoms with E-state index in [0.29, 0.717) is 0 Å². The highest BCUT2D eigenvalue weighted by Crippen LogP contribution is 2.32. The quantitative estimate of drug-likeness (QED) is 0.767. The Labute approximate surface area is 145 Å². The molecule has 0 saturated carbocycles. The smallest absolute Gasteiger partial charge is 0.416 e. The molecule has 0 aliphatic carbocycles. The van der Waals surface area contributed by atoms with Crippen LogP contribution in [-0.2, 0) is 11.0 Å². The van der Waals surface area contributed by atoms with Gasteiger partial charge in [-0.1, -0.05) is 23.7 Å². The van der Waals surface area contributed by atoms with Crippen molar-refractivity contribution in [3.05, 3.63) is 70.3 Å². The molecule has 130 valence electrons. The molecule has 0 atom stereocenters. The number of carboxylic acid groups (broad SMARTS) is 1. The molecule has 2 aromatic rings. The highest BCUT2D eigenvalue weighted by Gasteiger charge is 2.30. The molecule has 1 amide bonds. The molecular weight excluding hydrogens is 359 g/mol. The van der Waals surface area contributed by atoms with E-state index in [9.17, 15) is 22.8 Å². The van der Waals surface area contributed by atoms with Crippen molar-refractivity contribution in [3.63, 3.8) is 0 Å². The molecule has 4 nitrogen and oxygen atoms in total. The van der Waals surface area contributed by atoms with Gasteiger partial charge in [0.15, 0.2) is 0 Å². The van der Waals surface area contributed by atoms with Crippen molar-refractivity contribution in [2.75, 3.05) is 5.32 Å². The minimum absolute atomic E-state index is 0.0122. The Balaban J connectivity index is 2.20. The van der Waals surface area contributed by atoms with Crippen LogP contribution in [0.5, 0.6) is 0 Å². The summed E-state index contributed by atoms with van der Waals surface area (Å²) in [6.07, 6.45) is -2.44. The molecule has 2 N–H and O–H groups in total. The van der Waals surface area contributed by atoms with E-state index < -0.39 is 23.6 Å². The highest BCUT2D eigenvalue weighted by atomic mass is 35.5. The fourth-order valence-electron chi connectivity index (χ4n) is 1.97. The number of carbonyl (C=O) groups is 2. The van der Waals surface area contributed by atoms with Crippen LogP contribution < -0.4 is 5.32 Å². The molecule has 0 saturated heterocycles. The Kier molecular flexibility index (Phi) is 5.48. The largest absolute Gasteiger partial charge is 0.478 e. The van der Waals surface area contributed by atoms with Gasteiger partial charge in [-0.15, -0.1) is 0 Å². The van der Waals surface area contributed by atoms with Crippen LogP contribution >= 0.6 is 11.6 Å². The fourth-order valence-corrected chi connectivity index (χ4v) is 2.15. The third kappa shape index (κ3) is 4.84. The van der Waals surface area contributed by atoms with Crippen molar-refractivity contribution in [1.82, 2.24) is 0 Å². The Morgan fingerprint density at radius 1 is 1.12 bits per heavy atom. The van der Waals surface area contributed by atoms with Crippen LogP contribution in [-0.4, -0.2) is 17.0 Å². The average Bonchev–Trinajstić information content (AvgIpc) is 2.53. The second kappa shape index (κ2) is 7.40. The standard InChI is InChI=1S/C17H11ClF3NO3/c18-13-7-6-11(17(19,20)21)9-10(13)5-8-15(23)22-14-4-2-1-3-12(14)16(24)25/h1-9H,(H,22,23)(H,24,25)/b8-5+. The van der Waals surface area contributed by atoms with Crippen molar-refractivity contribution in [2.24, 2.45) is 0 Å². The number of hydrogen-bond donors (Lipinski definition) is 2. The van der Waals surface area contributed by atoms with E-state index in [1.165, 1.54) is 24.3 Å². The summed E-state index contributed by atoms with van der Waals surface area (Å²) in [5.41, 5.74) is -0.924. The molecule has 0 aliphatic heterocycles. The van der Waals surface area contributed by atoms with Crippen LogP contribution in [0.25, 0.3) is 6.08 Å². The van der Waals surface area contributed by atoms with Gasteiger partial charge in [-0.25, -0.2) is 4.79 Å². The molecule has 25 heavy (non-hydrogen) atoms. The number of carboxylic acids is 1. The maximum Gasteiger partial charge on any atom is 0.416 e. The minimum atomic E-state index is -4.53. The zero-order valence-corrected chi connectivity index (χ0v) is 13.2.